The van der Waals surface area contributed by atoms with Crippen LogP contribution in [0.5, 0.6) is 11.5 Å². The van der Waals surface area contributed by atoms with Crippen molar-refractivity contribution in [2.45, 2.75) is 69.7 Å². The minimum Gasteiger partial charge on any atom is -0.455 e. The summed E-state index contributed by atoms with van der Waals surface area (Å²) in [4.78, 5) is 91.6. The van der Waals surface area contributed by atoms with Crippen LogP contribution < -0.4 is 30.3 Å². The molecule has 0 spiro atoms. The molecule has 450 valence electrons. The van der Waals surface area contributed by atoms with Gasteiger partial charge in [0.25, 0.3) is 33.4 Å². The third-order valence-electron chi connectivity index (χ3n) is 16.9. The second kappa shape index (κ2) is 25.4. The van der Waals surface area contributed by atoms with Gasteiger partial charge < -0.3 is 34.9 Å². The molecule has 4 aromatic carbocycles. The SMILES string of the molecule is CC1(C)CCC(CN2CCN(c3ccc(C(=O)NS(=O)(=O)c4ccc(NCC5CCN(CCOCCNc6cccc7c6C(=O)N(C6CCC(=O)NC6=O)C7=O)CC5)c([N+](=O)[O-])c4)c(Oc4cnc5[nH]ccc5c4)c3)CC2)=C(c2ccc(Cl)cc2)C1. The van der Waals surface area contributed by atoms with Crippen molar-refractivity contribution < 1.29 is 46.8 Å². The summed E-state index contributed by atoms with van der Waals surface area (Å²) in [5, 5.41) is 22.5. The Hall–Kier alpha value is -8.22. The molecule has 22 nitrogen and oxygen atoms in total. The van der Waals surface area contributed by atoms with Crippen LogP contribution in [0, 0.1) is 21.4 Å². The summed E-state index contributed by atoms with van der Waals surface area (Å²) in [5.74, 6) is -2.67. The Balaban J connectivity index is 0.670. The van der Waals surface area contributed by atoms with E-state index in [4.69, 9.17) is 21.1 Å². The lowest BCUT2D eigenvalue weighted by Gasteiger charge is -2.39. The van der Waals surface area contributed by atoms with Gasteiger partial charge in [0.2, 0.25) is 11.8 Å². The number of amides is 5. The van der Waals surface area contributed by atoms with Crippen molar-refractivity contribution in [1.82, 2.24) is 34.7 Å². The maximum absolute atomic E-state index is 14.2. The minimum atomic E-state index is -4.65. The second-order valence-electron chi connectivity index (χ2n) is 23.3. The monoisotopic (exact) mass is 1210 g/mol. The van der Waals surface area contributed by atoms with Gasteiger partial charge in [-0.15, -0.1) is 0 Å². The zero-order valence-corrected chi connectivity index (χ0v) is 49.4. The molecule has 5 aliphatic rings. The number of aromatic nitrogens is 2. The van der Waals surface area contributed by atoms with Gasteiger partial charge in [0, 0.05) is 98.9 Å². The number of allylic oxidation sites excluding steroid dienone is 1. The number of carbonyl (C=O) groups excluding carboxylic acids is 5. The van der Waals surface area contributed by atoms with Crippen molar-refractivity contribution in [1.29, 1.82) is 0 Å². The van der Waals surface area contributed by atoms with Crippen molar-refractivity contribution in [2.75, 3.05) is 94.2 Å². The highest BCUT2D eigenvalue weighted by Crippen LogP contribution is 2.44. The summed E-state index contributed by atoms with van der Waals surface area (Å²) in [6, 6.07) is 24.1. The highest BCUT2D eigenvalue weighted by atomic mass is 35.5. The van der Waals surface area contributed by atoms with E-state index in [9.17, 15) is 42.5 Å². The summed E-state index contributed by atoms with van der Waals surface area (Å²) in [7, 11) is -4.65. The second-order valence-corrected chi connectivity index (χ2v) is 25.4. The van der Waals surface area contributed by atoms with Crippen LogP contribution in [-0.2, 0) is 24.3 Å². The zero-order valence-electron chi connectivity index (χ0n) is 47.9. The number of likely N-dealkylation sites (tertiary alicyclic amines) is 1. The number of H-pyrrole nitrogens is 1. The fraction of sp³-hybridized carbons (Fsp3) is 0.387. The fourth-order valence-electron chi connectivity index (χ4n) is 12.1. The number of pyridine rings is 1. The molecule has 1 atom stereocenters. The van der Waals surface area contributed by atoms with Gasteiger partial charge in [-0.25, -0.2) is 18.1 Å². The summed E-state index contributed by atoms with van der Waals surface area (Å²) in [6.07, 6.45) is 8.10. The van der Waals surface area contributed by atoms with Crippen molar-refractivity contribution >= 4 is 90.5 Å². The Morgan fingerprint density at radius 3 is 2.42 bits per heavy atom. The first-order valence-corrected chi connectivity index (χ1v) is 30.9. The Morgan fingerprint density at radius 1 is 0.860 bits per heavy atom. The molecule has 2 aromatic heterocycles. The van der Waals surface area contributed by atoms with Crippen molar-refractivity contribution in [3.63, 3.8) is 0 Å². The van der Waals surface area contributed by atoms with Crippen LogP contribution in [0.3, 0.4) is 0 Å². The van der Waals surface area contributed by atoms with Crippen molar-refractivity contribution in [2.24, 2.45) is 11.3 Å². The molecule has 0 saturated carbocycles. The van der Waals surface area contributed by atoms with Crippen LogP contribution in [-0.4, -0.2) is 152 Å². The number of anilines is 3. The van der Waals surface area contributed by atoms with E-state index in [1.165, 1.54) is 41.1 Å². The minimum absolute atomic E-state index is 0.0323. The number of imide groups is 2. The van der Waals surface area contributed by atoms with E-state index in [0.29, 0.717) is 68.0 Å². The average Bonchev–Trinajstić information content (AvgIpc) is 2.05. The number of nitro groups is 1. The summed E-state index contributed by atoms with van der Waals surface area (Å²) < 4.78 is 42.3. The molecule has 5 amide bonds. The summed E-state index contributed by atoms with van der Waals surface area (Å²) in [5.41, 5.74) is 6.11. The van der Waals surface area contributed by atoms with E-state index in [2.05, 4.69) is 71.3 Å². The molecule has 6 aromatic rings. The Labute approximate surface area is 502 Å². The first-order chi connectivity index (χ1) is 41.4. The van der Waals surface area contributed by atoms with Crippen LogP contribution in [0.1, 0.15) is 95.4 Å². The summed E-state index contributed by atoms with van der Waals surface area (Å²) in [6.45, 7) is 12.2. The molecule has 6 heterocycles. The molecule has 0 bridgehead atoms. The van der Waals surface area contributed by atoms with Gasteiger partial charge in [-0.2, -0.15) is 0 Å². The first-order valence-electron chi connectivity index (χ1n) is 29.0. The van der Waals surface area contributed by atoms with E-state index in [1.807, 2.05) is 18.2 Å². The number of sulfonamides is 1. The molecule has 1 unspecified atom stereocenters. The van der Waals surface area contributed by atoms with Gasteiger partial charge in [0.15, 0.2) is 0 Å². The lowest BCUT2D eigenvalue weighted by Crippen LogP contribution is -2.54. The Morgan fingerprint density at radius 2 is 1.65 bits per heavy atom. The number of rotatable bonds is 21. The number of hydrogen-bond donors (Lipinski definition) is 5. The number of aromatic amines is 1. The molecule has 3 saturated heterocycles. The molecule has 24 heteroatoms. The lowest BCUT2D eigenvalue weighted by atomic mass is 9.72. The summed E-state index contributed by atoms with van der Waals surface area (Å²) >= 11 is 6.27. The number of halogens is 1. The first kappa shape index (κ1) is 59.5. The topological polar surface area (TPSA) is 271 Å². The van der Waals surface area contributed by atoms with E-state index in [1.54, 1.807) is 42.6 Å². The number of nitrogens with zero attached hydrogens (tertiary/aromatic N) is 6. The Kier molecular flexibility index (Phi) is 17.6. The van der Waals surface area contributed by atoms with Gasteiger partial charge in [0.05, 0.1) is 45.9 Å². The smallest absolute Gasteiger partial charge is 0.293 e. The van der Waals surface area contributed by atoms with E-state index >= 15 is 0 Å². The number of benzene rings is 4. The quantitative estimate of drug-likeness (QED) is 0.0196. The molecular weight excluding hydrogens is 1140 g/mol. The average molecular weight is 1210 g/mol. The molecular formula is C62H68ClN11O11S. The van der Waals surface area contributed by atoms with E-state index < -0.39 is 61.1 Å². The highest BCUT2D eigenvalue weighted by Gasteiger charge is 2.46. The number of fused-ring (bicyclic) bond motifs is 2. The van der Waals surface area contributed by atoms with Gasteiger partial charge in [-0.3, -0.25) is 49.2 Å². The number of hydrogen-bond acceptors (Lipinski definition) is 17. The molecule has 5 N–H and O–H groups in total. The molecule has 3 fully saturated rings. The maximum Gasteiger partial charge on any atom is 0.293 e. The maximum atomic E-state index is 14.2. The Bertz CT molecular complexity index is 3760. The van der Waals surface area contributed by atoms with Gasteiger partial charge in [-0.1, -0.05) is 49.2 Å². The van der Waals surface area contributed by atoms with Crippen molar-refractivity contribution in [3.8, 4) is 11.5 Å². The standard InChI is InChI=1S/C62H68ClN11O11S/c1-62(2)20-16-42(49(35-62)40-6-8-43(63)9-7-40)38-71-25-27-72(28-26-71)44-10-12-47(54(33-44)85-45-32-41-17-21-65-57(41)67-37-45)58(76)69-86(82,83)46-11-13-50(53(34-46)74(80)81)66-36-39-18-23-70(24-19-39)29-31-84-30-22-64-51-5-3-4-48-56(51)61(79)73(60(48)78)52-14-15-55(75)68-59(52)77/h3-13,17,21,32-34,37,39,52,64,66H,14-16,18-20,22-31,35-36,38H2,1-2H3,(H,65,67)(H,69,76)(H,68,75,77). The number of piperazine rings is 1. The predicted octanol–water partition coefficient (Wildman–Crippen LogP) is 8.48. The van der Waals surface area contributed by atoms with Crippen LogP contribution in [0.4, 0.5) is 22.7 Å². The van der Waals surface area contributed by atoms with E-state index in [0.717, 1.165) is 86.9 Å². The van der Waals surface area contributed by atoms with Gasteiger partial charge in [0.1, 0.15) is 28.9 Å². The molecule has 11 rings (SSSR count). The molecule has 1 aliphatic carbocycles. The third-order valence-corrected chi connectivity index (χ3v) is 18.5. The number of carbonyl (C=O) groups is 5. The number of piperidine rings is 2. The number of nitrogens with one attached hydrogen (secondary N) is 5. The van der Waals surface area contributed by atoms with Crippen LogP contribution in [0.2, 0.25) is 5.02 Å². The van der Waals surface area contributed by atoms with Gasteiger partial charge >= 0.3 is 0 Å². The van der Waals surface area contributed by atoms with Crippen molar-refractivity contribution in [3.05, 3.63) is 146 Å². The molecule has 0 radical (unpaired) electrons. The highest BCUT2D eigenvalue weighted by molar-refractivity contribution is 7.90. The fourth-order valence-corrected chi connectivity index (χ4v) is 13.2. The van der Waals surface area contributed by atoms with E-state index in [-0.39, 0.29) is 52.3 Å². The van der Waals surface area contributed by atoms with Crippen LogP contribution in [0.15, 0.2) is 114 Å². The normalized spacial score (nSPS) is 18.8. The largest absolute Gasteiger partial charge is 0.455 e. The van der Waals surface area contributed by atoms with Crippen LogP contribution >= 0.6 is 11.6 Å². The molecule has 86 heavy (non-hydrogen) atoms. The van der Waals surface area contributed by atoms with Crippen LogP contribution in [0.25, 0.3) is 16.6 Å². The lowest BCUT2D eigenvalue weighted by molar-refractivity contribution is -0.384. The predicted molar refractivity (Wildman–Crippen MR) is 325 cm³/mol. The third kappa shape index (κ3) is 13.4. The zero-order chi connectivity index (χ0) is 60.3. The number of nitro benzene ring substituents is 1. The molecule has 4 aliphatic heterocycles. The van der Waals surface area contributed by atoms with Gasteiger partial charge in [-0.05, 0) is 135 Å². The number of ether oxygens (including phenoxy) is 2.